The summed E-state index contributed by atoms with van der Waals surface area (Å²) in [5, 5.41) is 22.7. The number of likely N-dealkylation sites (tertiary alicyclic amines) is 1. The summed E-state index contributed by atoms with van der Waals surface area (Å²) >= 11 is 0. The van der Waals surface area contributed by atoms with Gasteiger partial charge in [0.05, 0.1) is 26.0 Å². The summed E-state index contributed by atoms with van der Waals surface area (Å²) in [4.78, 5) is 50.8. The van der Waals surface area contributed by atoms with Gasteiger partial charge in [-0.25, -0.2) is 0 Å². The Morgan fingerprint density at radius 1 is 1.04 bits per heavy atom. The van der Waals surface area contributed by atoms with Gasteiger partial charge in [0.1, 0.15) is 42.5 Å². The van der Waals surface area contributed by atoms with Crippen LogP contribution in [0.2, 0.25) is 0 Å². The van der Waals surface area contributed by atoms with Crippen LogP contribution in [0.4, 0.5) is 0 Å². The summed E-state index contributed by atoms with van der Waals surface area (Å²) < 4.78 is 25.3. The minimum atomic E-state index is -1.36. The maximum atomic E-state index is 15.1. The quantitative estimate of drug-likeness (QED) is 0.167. The van der Waals surface area contributed by atoms with E-state index in [-0.39, 0.29) is 63.0 Å². The lowest BCUT2D eigenvalue weighted by atomic mass is 9.62. The van der Waals surface area contributed by atoms with E-state index < -0.39 is 53.7 Å². The Bertz CT molecular complexity index is 1420. The molecule has 4 aliphatic heterocycles. The maximum Gasteiger partial charge on any atom is 0.327 e. The van der Waals surface area contributed by atoms with E-state index in [4.69, 9.17) is 28.9 Å². The number of carbonyl (C=O) groups is 3. The summed E-state index contributed by atoms with van der Waals surface area (Å²) in [5.41, 5.74) is 0.300. The van der Waals surface area contributed by atoms with Gasteiger partial charge in [-0.15, -0.1) is 0 Å². The minimum absolute atomic E-state index is 0.0945. The molecular formula is C34H43N3O10. The van der Waals surface area contributed by atoms with Crippen LogP contribution >= 0.6 is 0 Å². The molecule has 8 rings (SSSR count). The number of fused-ring (bicyclic) bond motifs is 4. The van der Waals surface area contributed by atoms with E-state index in [1.807, 2.05) is 24.3 Å². The topological polar surface area (TPSA) is 156 Å². The first-order chi connectivity index (χ1) is 22.9. The lowest BCUT2D eigenvalue weighted by Gasteiger charge is -2.50. The van der Waals surface area contributed by atoms with Gasteiger partial charge in [0, 0.05) is 31.3 Å². The molecule has 4 heterocycles. The van der Waals surface area contributed by atoms with Crippen LogP contribution in [0, 0.1) is 17.3 Å². The van der Waals surface area contributed by atoms with Gasteiger partial charge in [-0.05, 0) is 55.7 Å². The van der Waals surface area contributed by atoms with Gasteiger partial charge in [-0.1, -0.05) is 24.3 Å². The fourth-order valence-electron chi connectivity index (χ4n) is 8.74. The summed E-state index contributed by atoms with van der Waals surface area (Å²) in [6.07, 6.45) is 5.97. The fraction of sp³-hybridized carbons (Fsp3) is 0.676. The van der Waals surface area contributed by atoms with Gasteiger partial charge in [0.25, 0.3) is 0 Å². The monoisotopic (exact) mass is 653 g/mol. The van der Waals surface area contributed by atoms with Crippen molar-refractivity contribution in [1.82, 2.24) is 15.3 Å². The summed E-state index contributed by atoms with van der Waals surface area (Å²) in [6.45, 7) is 0.498. The van der Waals surface area contributed by atoms with Crippen LogP contribution in [0.3, 0.4) is 0 Å². The first-order valence-electron chi connectivity index (χ1n) is 17.1. The van der Waals surface area contributed by atoms with Crippen molar-refractivity contribution >= 4 is 23.9 Å². The van der Waals surface area contributed by atoms with Gasteiger partial charge in [-0.2, -0.15) is 5.06 Å². The number of hydrogen-bond donors (Lipinski definition) is 3. The number of aliphatic hydroxyl groups is 2. The Kier molecular flexibility index (Phi) is 8.05. The first-order valence-corrected chi connectivity index (χ1v) is 17.1. The van der Waals surface area contributed by atoms with Crippen molar-refractivity contribution in [2.75, 3.05) is 32.9 Å². The highest BCUT2D eigenvalue weighted by Crippen LogP contribution is 2.64. The molecule has 7 atom stereocenters. The molecule has 3 saturated carbocycles. The van der Waals surface area contributed by atoms with Crippen LogP contribution in [0.25, 0.3) is 6.08 Å². The number of hydrogen-bond acceptors (Lipinski definition) is 11. The zero-order valence-electron chi connectivity index (χ0n) is 26.3. The van der Waals surface area contributed by atoms with E-state index in [1.165, 1.54) is 6.26 Å². The number of aliphatic hydroxyl groups excluding tert-OH is 2. The molecule has 7 fully saturated rings. The summed E-state index contributed by atoms with van der Waals surface area (Å²) in [7, 11) is 0. The second-order valence-corrected chi connectivity index (χ2v) is 13.9. The number of carbonyl (C=O) groups excluding carboxylic acids is 3. The Hall–Kier alpha value is -3.07. The largest absolute Gasteiger partial charge is 0.499 e. The van der Waals surface area contributed by atoms with Crippen LogP contribution in [0.5, 0.6) is 0 Å². The zero-order valence-corrected chi connectivity index (χ0v) is 26.3. The molecule has 13 heteroatoms. The van der Waals surface area contributed by atoms with Crippen molar-refractivity contribution in [2.24, 2.45) is 17.3 Å². The SMILES string of the molecule is O=C(NCCO)[C@H]1CCCN1C(=O)[C@@]12C[C@H]3OC(=O)[C@@H]1N(Cc1ccccc1C=COCCO)O[C@@H]2[C@H]1OC(C2CC2)(C2CC2)O[C@H]13. The third-order valence-corrected chi connectivity index (χ3v) is 11.0. The van der Waals surface area contributed by atoms with Crippen molar-refractivity contribution in [3.8, 4) is 0 Å². The number of amides is 2. The third kappa shape index (κ3) is 5.08. The lowest BCUT2D eigenvalue weighted by Crippen LogP contribution is -2.70. The van der Waals surface area contributed by atoms with Gasteiger partial charge >= 0.3 is 5.97 Å². The molecule has 1 aromatic carbocycles. The van der Waals surface area contributed by atoms with Gasteiger partial charge < -0.3 is 39.4 Å². The molecule has 0 radical (unpaired) electrons. The number of ether oxygens (including phenoxy) is 4. The average molecular weight is 654 g/mol. The molecule has 2 bridgehead atoms. The van der Waals surface area contributed by atoms with E-state index in [0.717, 1.165) is 36.8 Å². The standard InChI is InChI=1S/C34H43N3O10/c38-14-12-35-30(40)24-6-3-13-36(24)32(42)33-18-25-26-27(46-34(45-26,22-7-8-22)23-9-10-23)29(33)47-37(28(33)31(41)44-25)19-21-5-2-1-4-20(21)11-16-43-17-15-39/h1-2,4-5,11,16,22-29,38-39H,3,6-10,12-15,17-19H2,(H,35,40)/t24-,25-,26+,27+,28+,29-,33+/m1/s1. The maximum absolute atomic E-state index is 15.1. The van der Waals surface area contributed by atoms with Crippen molar-refractivity contribution in [1.29, 1.82) is 0 Å². The molecule has 3 aliphatic carbocycles. The van der Waals surface area contributed by atoms with E-state index in [9.17, 15) is 14.7 Å². The summed E-state index contributed by atoms with van der Waals surface area (Å²) in [5.74, 6) is -1.40. The highest BCUT2D eigenvalue weighted by atomic mass is 16.8. The molecule has 7 aliphatic rings. The number of nitrogens with zero attached hydrogens (tertiary/aromatic N) is 2. The fourth-order valence-corrected chi connectivity index (χ4v) is 8.74. The van der Waals surface area contributed by atoms with Crippen LogP contribution in [0.1, 0.15) is 56.1 Å². The highest BCUT2D eigenvalue weighted by molar-refractivity contribution is 5.96. The first kappa shape index (κ1) is 31.2. The normalized spacial score (nSPS) is 35.6. The number of rotatable bonds is 12. The predicted molar refractivity (Wildman–Crippen MR) is 162 cm³/mol. The number of esters is 1. The molecule has 13 nitrogen and oxygen atoms in total. The van der Waals surface area contributed by atoms with Crippen molar-refractivity contribution in [3.63, 3.8) is 0 Å². The molecule has 0 unspecified atom stereocenters. The molecule has 47 heavy (non-hydrogen) atoms. The molecule has 0 aromatic heterocycles. The van der Waals surface area contributed by atoms with Crippen LogP contribution in [0.15, 0.2) is 30.5 Å². The van der Waals surface area contributed by atoms with Gasteiger partial charge in [-0.3, -0.25) is 19.2 Å². The smallest absolute Gasteiger partial charge is 0.327 e. The second-order valence-electron chi connectivity index (χ2n) is 13.9. The average Bonchev–Trinajstić information content (AvgIpc) is 4.00. The molecule has 254 valence electrons. The number of hydroxylamine groups is 2. The Morgan fingerprint density at radius 2 is 1.81 bits per heavy atom. The molecule has 1 aromatic rings. The van der Waals surface area contributed by atoms with Crippen molar-refractivity contribution in [2.45, 2.75) is 93.8 Å². The van der Waals surface area contributed by atoms with Gasteiger partial charge in [0.15, 0.2) is 11.8 Å². The van der Waals surface area contributed by atoms with E-state index in [2.05, 4.69) is 5.32 Å². The molecule has 3 N–H and O–H groups in total. The number of benzene rings is 1. The predicted octanol–water partition coefficient (Wildman–Crippen LogP) is 0.866. The zero-order chi connectivity index (χ0) is 32.3. The van der Waals surface area contributed by atoms with E-state index >= 15 is 4.79 Å². The van der Waals surface area contributed by atoms with Crippen molar-refractivity contribution < 1.29 is 48.4 Å². The lowest BCUT2D eigenvalue weighted by molar-refractivity contribution is -0.235. The van der Waals surface area contributed by atoms with Gasteiger partial charge in [0.2, 0.25) is 11.8 Å². The van der Waals surface area contributed by atoms with Crippen LogP contribution < -0.4 is 5.32 Å². The third-order valence-electron chi connectivity index (χ3n) is 11.0. The Labute approximate surface area is 273 Å². The van der Waals surface area contributed by atoms with E-state index in [1.54, 1.807) is 16.0 Å². The summed E-state index contributed by atoms with van der Waals surface area (Å²) in [6, 6.07) is 5.84. The minimum Gasteiger partial charge on any atom is -0.499 e. The van der Waals surface area contributed by atoms with Crippen LogP contribution in [-0.2, 0) is 44.7 Å². The van der Waals surface area contributed by atoms with Crippen molar-refractivity contribution in [3.05, 3.63) is 41.7 Å². The van der Waals surface area contributed by atoms with E-state index in [0.29, 0.717) is 19.4 Å². The second kappa shape index (κ2) is 12.1. The molecule has 2 amide bonds. The molecule has 0 spiro atoms. The molecular weight excluding hydrogens is 610 g/mol. The Balaban J connectivity index is 1.16. The number of nitrogens with one attached hydrogen (secondary N) is 1. The molecule has 4 saturated heterocycles. The van der Waals surface area contributed by atoms with Crippen LogP contribution in [-0.4, -0.2) is 113 Å². The highest BCUT2D eigenvalue weighted by Gasteiger charge is 2.78. The Morgan fingerprint density at radius 3 is 2.55 bits per heavy atom.